The van der Waals surface area contributed by atoms with Crippen molar-refractivity contribution >= 4 is 50.7 Å². The lowest BCUT2D eigenvalue weighted by atomic mass is 9.97. The van der Waals surface area contributed by atoms with E-state index in [0.29, 0.717) is 16.6 Å². The normalized spacial score (nSPS) is 14.6. The number of carbonyl (C=O) groups is 1. The van der Waals surface area contributed by atoms with Crippen molar-refractivity contribution in [2.75, 3.05) is 0 Å². The van der Waals surface area contributed by atoms with Gasteiger partial charge in [0, 0.05) is 17.8 Å². The van der Waals surface area contributed by atoms with Gasteiger partial charge in [0.1, 0.15) is 4.83 Å². The highest BCUT2D eigenvalue weighted by atomic mass is 35.5. The molecule has 2 aromatic heterocycles. The van der Waals surface area contributed by atoms with E-state index in [1.165, 1.54) is 16.9 Å². The van der Waals surface area contributed by atoms with Gasteiger partial charge in [-0.15, -0.1) is 11.3 Å². The molecule has 0 bridgehead atoms. The van der Waals surface area contributed by atoms with Crippen molar-refractivity contribution in [1.82, 2.24) is 14.9 Å². The number of carbonyl (C=O) groups excluding carboxylic acids is 1. The standard InChI is InChI=1S/C21H21Cl2N3O2S/c1-12(13-6-7-15(22)16(23)10-13)25-18(27)8-9-26-11-24-20-19(21(26)28)14-4-2-3-5-17(14)29-20/h6-7,10-12H,2-5,8-9H2,1H3,(H,25,27). The summed E-state index contributed by atoms with van der Waals surface area (Å²) in [6.07, 6.45) is 6.02. The summed E-state index contributed by atoms with van der Waals surface area (Å²) in [7, 11) is 0. The van der Waals surface area contributed by atoms with Crippen LogP contribution in [0, 0.1) is 0 Å². The molecule has 0 fully saturated rings. The quantitative estimate of drug-likeness (QED) is 0.601. The van der Waals surface area contributed by atoms with Crippen LogP contribution in [-0.2, 0) is 24.2 Å². The molecule has 3 aromatic rings. The number of hydrogen-bond donors (Lipinski definition) is 1. The second-order valence-corrected chi connectivity index (χ2v) is 9.24. The summed E-state index contributed by atoms with van der Waals surface area (Å²) in [4.78, 5) is 31.9. The van der Waals surface area contributed by atoms with Gasteiger partial charge in [-0.2, -0.15) is 0 Å². The van der Waals surface area contributed by atoms with E-state index in [9.17, 15) is 9.59 Å². The molecule has 2 heterocycles. The minimum Gasteiger partial charge on any atom is -0.350 e. The molecule has 1 unspecified atom stereocenters. The predicted octanol–water partition coefficient (Wildman–Crippen LogP) is 4.91. The first-order valence-electron chi connectivity index (χ1n) is 9.68. The van der Waals surface area contributed by atoms with Crippen LogP contribution < -0.4 is 10.9 Å². The Morgan fingerprint density at radius 1 is 1.28 bits per heavy atom. The molecule has 4 rings (SSSR count). The fourth-order valence-corrected chi connectivity index (χ4v) is 5.27. The highest BCUT2D eigenvalue weighted by molar-refractivity contribution is 7.18. The molecule has 0 aliphatic heterocycles. The van der Waals surface area contributed by atoms with Crippen LogP contribution in [0.25, 0.3) is 10.2 Å². The minimum absolute atomic E-state index is 0.0419. The van der Waals surface area contributed by atoms with Crippen molar-refractivity contribution in [1.29, 1.82) is 0 Å². The van der Waals surface area contributed by atoms with E-state index in [1.54, 1.807) is 34.4 Å². The molecule has 1 aliphatic carbocycles. The van der Waals surface area contributed by atoms with Gasteiger partial charge < -0.3 is 5.32 Å². The largest absolute Gasteiger partial charge is 0.350 e. The molecule has 0 radical (unpaired) electrons. The van der Waals surface area contributed by atoms with Crippen LogP contribution in [0.1, 0.15) is 48.2 Å². The monoisotopic (exact) mass is 449 g/mol. The molecule has 0 saturated heterocycles. The number of halogens is 2. The van der Waals surface area contributed by atoms with Gasteiger partial charge in [0.25, 0.3) is 5.56 Å². The lowest BCUT2D eigenvalue weighted by Crippen LogP contribution is -2.29. The fourth-order valence-electron chi connectivity index (χ4n) is 3.74. The summed E-state index contributed by atoms with van der Waals surface area (Å²) < 4.78 is 1.55. The molecule has 0 saturated carbocycles. The Labute approximate surface area is 182 Å². The Hall–Kier alpha value is -1.89. The van der Waals surface area contributed by atoms with Crippen molar-refractivity contribution in [2.24, 2.45) is 0 Å². The van der Waals surface area contributed by atoms with E-state index < -0.39 is 0 Å². The molecule has 1 N–H and O–H groups in total. The number of amides is 1. The molecule has 152 valence electrons. The number of benzene rings is 1. The maximum atomic E-state index is 13.0. The minimum atomic E-state index is -0.210. The Morgan fingerprint density at radius 2 is 2.07 bits per heavy atom. The second-order valence-electron chi connectivity index (χ2n) is 7.35. The van der Waals surface area contributed by atoms with E-state index in [4.69, 9.17) is 23.2 Å². The summed E-state index contributed by atoms with van der Waals surface area (Å²) in [5, 5.41) is 4.62. The number of rotatable bonds is 5. The number of fused-ring (bicyclic) bond motifs is 3. The van der Waals surface area contributed by atoms with Gasteiger partial charge in [0.15, 0.2) is 0 Å². The summed E-state index contributed by atoms with van der Waals surface area (Å²) in [6, 6.07) is 5.08. The van der Waals surface area contributed by atoms with E-state index >= 15 is 0 Å². The van der Waals surface area contributed by atoms with Gasteiger partial charge in [-0.05, 0) is 55.9 Å². The van der Waals surface area contributed by atoms with Crippen LogP contribution in [0.15, 0.2) is 29.3 Å². The molecule has 1 atom stereocenters. The molecular weight excluding hydrogens is 429 g/mol. The van der Waals surface area contributed by atoms with Crippen molar-refractivity contribution in [3.63, 3.8) is 0 Å². The number of aryl methyl sites for hydroxylation is 3. The van der Waals surface area contributed by atoms with Crippen LogP contribution in [-0.4, -0.2) is 15.5 Å². The average molecular weight is 450 g/mol. The zero-order valence-corrected chi connectivity index (χ0v) is 18.3. The molecule has 5 nitrogen and oxygen atoms in total. The Kier molecular flexibility index (Phi) is 5.95. The number of aromatic nitrogens is 2. The lowest BCUT2D eigenvalue weighted by molar-refractivity contribution is -0.121. The molecular formula is C21H21Cl2N3O2S. The molecule has 8 heteroatoms. The van der Waals surface area contributed by atoms with Crippen LogP contribution >= 0.6 is 34.5 Å². The van der Waals surface area contributed by atoms with Crippen molar-refractivity contribution in [2.45, 2.75) is 51.6 Å². The first-order valence-corrected chi connectivity index (χ1v) is 11.3. The van der Waals surface area contributed by atoms with E-state index in [1.807, 2.05) is 13.0 Å². The number of hydrogen-bond acceptors (Lipinski definition) is 4. The van der Waals surface area contributed by atoms with Crippen molar-refractivity contribution in [3.8, 4) is 0 Å². The Bertz CT molecular complexity index is 1140. The van der Waals surface area contributed by atoms with Gasteiger partial charge in [0.05, 0.1) is 27.8 Å². The number of nitrogens with one attached hydrogen (secondary N) is 1. The molecule has 1 aromatic carbocycles. The molecule has 29 heavy (non-hydrogen) atoms. The average Bonchev–Trinajstić information content (AvgIpc) is 3.08. The number of thiophene rings is 1. The Morgan fingerprint density at radius 3 is 2.86 bits per heavy atom. The molecule has 1 amide bonds. The summed E-state index contributed by atoms with van der Waals surface area (Å²) >= 11 is 13.6. The molecule has 1 aliphatic rings. The zero-order chi connectivity index (χ0) is 20.5. The van der Waals surface area contributed by atoms with E-state index in [0.717, 1.165) is 35.0 Å². The lowest BCUT2D eigenvalue weighted by Gasteiger charge is -2.15. The SMILES string of the molecule is CC(NC(=O)CCn1cnc2sc3c(c2c1=O)CCCC3)c1ccc(Cl)c(Cl)c1. The third-order valence-corrected chi connectivity index (χ3v) is 7.28. The van der Waals surface area contributed by atoms with Gasteiger partial charge in [-0.1, -0.05) is 29.3 Å². The zero-order valence-electron chi connectivity index (χ0n) is 16.0. The van der Waals surface area contributed by atoms with Gasteiger partial charge in [-0.3, -0.25) is 14.2 Å². The topological polar surface area (TPSA) is 64.0 Å². The summed E-state index contributed by atoms with van der Waals surface area (Å²) in [5.41, 5.74) is 2.00. The highest BCUT2D eigenvalue weighted by Gasteiger charge is 2.20. The van der Waals surface area contributed by atoms with Crippen LogP contribution in [0.4, 0.5) is 0 Å². The smallest absolute Gasteiger partial charge is 0.262 e. The van der Waals surface area contributed by atoms with E-state index in [-0.39, 0.29) is 23.9 Å². The van der Waals surface area contributed by atoms with Gasteiger partial charge in [0.2, 0.25) is 5.91 Å². The van der Waals surface area contributed by atoms with Crippen LogP contribution in [0.5, 0.6) is 0 Å². The third kappa shape index (κ3) is 4.20. The first-order chi connectivity index (χ1) is 13.9. The summed E-state index contributed by atoms with van der Waals surface area (Å²) in [5.74, 6) is -0.136. The molecule has 0 spiro atoms. The maximum Gasteiger partial charge on any atom is 0.262 e. The van der Waals surface area contributed by atoms with Gasteiger partial charge >= 0.3 is 0 Å². The van der Waals surface area contributed by atoms with Gasteiger partial charge in [-0.25, -0.2) is 4.98 Å². The van der Waals surface area contributed by atoms with Crippen molar-refractivity contribution in [3.05, 3.63) is 60.9 Å². The Balaban J connectivity index is 1.45. The third-order valence-electron chi connectivity index (χ3n) is 5.34. The second kappa shape index (κ2) is 8.46. The highest BCUT2D eigenvalue weighted by Crippen LogP contribution is 2.33. The first kappa shape index (κ1) is 20.4. The maximum absolute atomic E-state index is 13.0. The summed E-state index contributed by atoms with van der Waals surface area (Å²) in [6.45, 7) is 2.18. The van der Waals surface area contributed by atoms with Crippen LogP contribution in [0.3, 0.4) is 0 Å². The van der Waals surface area contributed by atoms with Crippen LogP contribution in [0.2, 0.25) is 10.0 Å². The number of nitrogens with zero attached hydrogens (tertiary/aromatic N) is 2. The predicted molar refractivity (Wildman–Crippen MR) is 118 cm³/mol. The fraction of sp³-hybridized carbons (Fsp3) is 0.381. The van der Waals surface area contributed by atoms with E-state index in [2.05, 4.69) is 10.3 Å². The van der Waals surface area contributed by atoms with Crippen molar-refractivity contribution < 1.29 is 4.79 Å².